The zero-order valence-corrected chi connectivity index (χ0v) is 19.0. The van der Waals surface area contributed by atoms with Gasteiger partial charge in [-0.2, -0.15) is 0 Å². The molecule has 166 valence electrons. The molecule has 6 nitrogen and oxygen atoms in total. The highest BCUT2D eigenvalue weighted by molar-refractivity contribution is 7.91. The Hall–Kier alpha value is -1.60. The van der Waals surface area contributed by atoms with E-state index in [-0.39, 0.29) is 28.9 Å². The second-order valence-corrected chi connectivity index (χ2v) is 12.1. The Morgan fingerprint density at radius 2 is 1.90 bits per heavy atom. The van der Waals surface area contributed by atoms with Gasteiger partial charge >= 0.3 is 0 Å². The summed E-state index contributed by atoms with van der Waals surface area (Å²) >= 11 is 0. The molecule has 0 aromatic heterocycles. The van der Waals surface area contributed by atoms with E-state index >= 15 is 0 Å². The molecule has 1 spiro atoms. The van der Waals surface area contributed by atoms with Crippen LogP contribution in [0.1, 0.15) is 44.1 Å². The Morgan fingerprint density at radius 1 is 1.17 bits per heavy atom. The van der Waals surface area contributed by atoms with E-state index in [2.05, 4.69) is 19.0 Å². The molecule has 2 fully saturated rings. The fourth-order valence-electron chi connectivity index (χ4n) is 5.36. The molecule has 0 bridgehead atoms. The molecular weight excluding hydrogens is 400 g/mol. The number of para-hydroxylation sites is 1. The van der Waals surface area contributed by atoms with Crippen LogP contribution in [0, 0.1) is 11.8 Å². The number of carbonyl (C=O) groups excluding carboxylic acids is 1. The van der Waals surface area contributed by atoms with Crippen LogP contribution >= 0.6 is 0 Å². The van der Waals surface area contributed by atoms with Crippen molar-refractivity contribution in [2.75, 3.05) is 38.7 Å². The first-order valence-corrected chi connectivity index (χ1v) is 13.0. The van der Waals surface area contributed by atoms with Crippen LogP contribution in [0.2, 0.25) is 0 Å². The zero-order valence-electron chi connectivity index (χ0n) is 18.2. The Morgan fingerprint density at radius 3 is 2.57 bits per heavy atom. The number of hydrogen-bond acceptors (Lipinski definition) is 5. The average molecular weight is 435 g/mol. The summed E-state index contributed by atoms with van der Waals surface area (Å²) in [5.41, 5.74) is 0.699. The second kappa shape index (κ2) is 8.50. The summed E-state index contributed by atoms with van der Waals surface area (Å²) in [5.74, 6) is 1.94. The predicted molar refractivity (Wildman–Crippen MR) is 117 cm³/mol. The van der Waals surface area contributed by atoms with Crippen LogP contribution in [0.25, 0.3) is 0 Å². The Bertz CT molecular complexity index is 875. The molecule has 0 radical (unpaired) electrons. The molecule has 1 amide bonds. The summed E-state index contributed by atoms with van der Waals surface area (Å²) in [5, 5.41) is 0. The maximum atomic E-state index is 13.2. The monoisotopic (exact) mass is 434 g/mol. The van der Waals surface area contributed by atoms with Gasteiger partial charge < -0.3 is 14.5 Å². The van der Waals surface area contributed by atoms with Gasteiger partial charge in [-0.25, -0.2) is 8.42 Å². The van der Waals surface area contributed by atoms with Gasteiger partial charge in [-0.1, -0.05) is 18.2 Å². The number of ether oxygens (including phenoxy) is 1. The van der Waals surface area contributed by atoms with E-state index in [1.165, 1.54) is 0 Å². The highest BCUT2D eigenvalue weighted by Crippen LogP contribution is 2.40. The summed E-state index contributed by atoms with van der Waals surface area (Å²) in [4.78, 5) is 17.4. The highest BCUT2D eigenvalue weighted by atomic mass is 32.2. The first-order valence-electron chi connectivity index (χ1n) is 11.1. The summed E-state index contributed by atoms with van der Waals surface area (Å²) in [7, 11) is 1.26. The predicted octanol–water partition coefficient (Wildman–Crippen LogP) is 2.72. The minimum Gasteiger partial charge on any atom is -0.485 e. The first-order chi connectivity index (χ1) is 14.2. The van der Waals surface area contributed by atoms with E-state index < -0.39 is 9.84 Å². The molecule has 1 atom stereocenters. The normalized spacial score (nSPS) is 30.7. The summed E-state index contributed by atoms with van der Waals surface area (Å²) in [6, 6.07) is 8.03. The van der Waals surface area contributed by atoms with Crippen molar-refractivity contribution >= 4 is 15.7 Å². The lowest BCUT2D eigenvalue weighted by Crippen LogP contribution is -2.50. The van der Waals surface area contributed by atoms with Crippen LogP contribution in [0.5, 0.6) is 5.75 Å². The standard InChI is InChI=1S/C23H34N2O4S/c1-24(2)14-18-7-10-23(11-8-18)17-25(15-20-5-3-4-6-21(20)29-23)22(26)13-19-9-12-30(27,28)16-19/h3-6,18-19H,7-17H2,1-2H3/t18?,19-,23?/m0/s1. The van der Waals surface area contributed by atoms with E-state index in [9.17, 15) is 13.2 Å². The van der Waals surface area contributed by atoms with Crippen molar-refractivity contribution in [1.82, 2.24) is 9.80 Å². The van der Waals surface area contributed by atoms with Crippen molar-refractivity contribution in [3.63, 3.8) is 0 Å². The van der Waals surface area contributed by atoms with Gasteiger partial charge in [0.1, 0.15) is 11.4 Å². The summed E-state index contributed by atoms with van der Waals surface area (Å²) in [6.45, 7) is 2.22. The van der Waals surface area contributed by atoms with Gasteiger partial charge in [0.05, 0.1) is 18.1 Å². The first kappa shape index (κ1) is 21.6. The van der Waals surface area contributed by atoms with E-state index in [1.54, 1.807) is 0 Å². The molecule has 1 aromatic carbocycles. The third-order valence-electron chi connectivity index (χ3n) is 6.92. The fourth-order valence-corrected chi connectivity index (χ4v) is 7.22. The topological polar surface area (TPSA) is 66.9 Å². The minimum absolute atomic E-state index is 0.0475. The number of carbonyl (C=O) groups is 1. The number of sulfone groups is 1. The lowest BCUT2D eigenvalue weighted by molar-refractivity contribution is -0.136. The minimum atomic E-state index is -2.97. The van der Waals surface area contributed by atoms with E-state index in [0.29, 0.717) is 31.8 Å². The molecule has 2 heterocycles. The van der Waals surface area contributed by atoms with E-state index in [1.807, 2.05) is 29.2 Å². The number of benzene rings is 1. The van der Waals surface area contributed by atoms with Gasteiger partial charge in [0.25, 0.3) is 0 Å². The Kier molecular flexibility index (Phi) is 6.13. The quantitative estimate of drug-likeness (QED) is 0.729. The molecular formula is C23H34N2O4S. The smallest absolute Gasteiger partial charge is 0.223 e. The Labute approximate surface area is 180 Å². The number of hydrogen-bond donors (Lipinski definition) is 0. The molecule has 3 aliphatic rings. The van der Waals surface area contributed by atoms with Crippen molar-refractivity contribution in [3.05, 3.63) is 29.8 Å². The number of fused-ring (bicyclic) bond motifs is 1. The van der Waals surface area contributed by atoms with Crippen molar-refractivity contribution < 1.29 is 17.9 Å². The summed E-state index contributed by atoms with van der Waals surface area (Å²) < 4.78 is 30.3. The maximum Gasteiger partial charge on any atom is 0.223 e. The molecule has 7 heteroatoms. The van der Waals surface area contributed by atoms with Crippen LogP contribution in [0.3, 0.4) is 0 Å². The Balaban J connectivity index is 1.51. The fraction of sp³-hybridized carbons (Fsp3) is 0.696. The number of amides is 1. The van der Waals surface area contributed by atoms with Crippen LogP contribution in [0.4, 0.5) is 0 Å². The van der Waals surface area contributed by atoms with Crippen LogP contribution in [-0.4, -0.2) is 68.4 Å². The van der Waals surface area contributed by atoms with E-state index in [0.717, 1.165) is 43.5 Å². The van der Waals surface area contributed by atoms with Gasteiger partial charge in [0.2, 0.25) is 5.91 Å². The highest BCUT2D eigenvalue weighted by Gasteiger charge is 2.42. The SMILES string of the molecule is CN(C)CC1CCC2(CC1)CN(C(=O)C[C@@H]1CCS(=O)(=O)C1)Cc1ccccc1O2. The third kappa shape index (κ3) is 4.99. The van der Waals surface area contributed by atoms with Gasteiger partial charge in [0, 0.05) is 25.1 Å². The van der Waals surface area contributed by atoms with Crippen LogP contribution in [0.15, 0.2) is 24.3 Å². The lowest BCUT2D eigenvalue weighted by Gasteiger charge is -2.42. The van der Waals surface area contributed by atoms with Crippen molar-refractivity contribution in [1.29, 1.82) is 0 Å². The molecule has 1 aliphatic carbocycles. The van der Waals surface area contributed by atoms with Gasteiger partial charge in [-0.15, -0.1) is 0 Å². The molecule has 2 aliphatic heterocycles. The lowest BCUT2D eigenvalue weighted by atomic mass is 9.78. The molecule has 0 unspecified atom stereocenters. The zero-order chi connectivity index (χ0) is 21.4. The van der Waals surface area contributed by atoms with Gasteiger partial charge in [-0.3, -0.25) is 4.79 Å². The van der Waals surface area contributed by atoms with Gasteiger partial charge in [0.15, 0.2) is 9.84 Å². The maximum absolute atomic E-state index is 13.2. The molecule has 30 heavy (non-hydrogen) atoms. The van der Waals surface area contributed by atoms with Crippen molar-refractivity contribution in [3.8, 4) is 5.75 Å². The van der Waals surface area contributed by atoms with Crippen molar-refractivity contribution in [2.24, 2.45) is 11.8 Å². The van der Waals surface area contributed by atoms with Crippen LogP contribution in [-0.2, 0) is 21.2 Å². The molecule has 1 saturated heterocycles. The molecule has 4 rings (SSSR count). The average Bonchev–Trinajstić information content (AvgIpc) is 2.93. The third-order valence-corrected chi connectivity index (χ3v) is 8.76. The number of nitrogens with zero attached hydrogens (tertiary/aromatic N) is 2. The molecule has 1 aromatic rings. The van der Waals surface area contributed by atoms with Gasteiger partial charge in [-0.05, 0) is 64.1 Å². The van der Waals surface area contributed by atoms with Crippen molar-refractivity contribution in [2.45, 2.75) is 50.7 Å². The largest absolute Gasteiger partial charge is 0.485 e. The van der Waals surface area contributed by atoms with E-state index in [4.69, 9.17) is 4.74 Å². The van der Waals surface area contributed by atoms with Crippen LogP contribution < -0.4 is 4.74 Å². The number of rotatable bonds is 4. The summed E-state index contributed by atoms with van der Waals surface area (Å²) in [6.07, 6.45) is 5.02. The molecule has 0 N–H and O–H groups in total. The second-order valence-electron chi connectivity index (χ2n) is 9.82. The molecule has 1 saturated carbocycles.